The lowest BCUT2D eigenvalue weighted by Gasteiger charge is -2.17. The Kier molecular flexibility index (Phi) is 2.80. The van der Waals surface area contributed by atoms with Crippen molar-refractivity contribution in [2.45, 2.75) is 18.7 Å². The molecule has 0 bridgehead atoms. The molecule has 5 heteroatoms. The predicted octanol–water partition coefficient (Wildman–Crippen LogP) is 2.70. The second kappa shape index (κ2) is 4.46. The van der Waals surface area contributed by atoms with E-state index in [2.05, 4.69) is 21.4 Å². The number of imidazole rings is 1. The van der Waals surface area contributed by atoms with Gasteiger partial charge in [-0.15, -0.1) is 11.6 Å². The predicted molar refractivity (Wildman–Crippen MR) is 70.5 cm³/mol. The highest BCUT2D eigenvalue weighted by Gasteiger charge is 2.15. The van der Waals surface area contributed by atoms with Gasteiger partial charge in [0.25, 0.3) is 0 Å². The fourth-order valence-electron chi connectivity index (χ4n) is 2.13. The molecule has 0 saturated carbocycles. The maximum atomic E-state index is 11.3. The van der Waals surface area contributed by atoms with Gasteiger partial charge in [0.2, 0.25) is 5.91 Å². The molecule has 0 saturated heterocycles. The van der Waals surface area contributed by atoms with E-state index < -0.39 is 0 Å². The van der Waals surface area contributed by atoms with Crippen LogP contribution in [-0.4, -0.2) is 15.9 Å². The number of anilines is 1. The summed E-state index contributed by atoms with van der Waals surface area (Å²) in [6.07, 6.45) is 3.11. The van der Waals surface area contributed by atoms with E-state index in [1.165, 1.54) is 0 Å². The molecule has 0 aliphatic carbocycles. The summed E-state index contributed by atoms with van der Waals surface area (Å²) < 4.78 is 0. The smallest absolute Gasteiger partial charge is 0.224 e. The molecule has 4 nitrogen and oxygen atoms in total. The molecule has 2 aromatic rings. The summed E-state index contributed by atoms with van der Waals surface area (Å²) in [5, 5.41) is 2.87. The molecule has 0 unspecified atom stereocenters. The number of alkyl halides is 1. The topological polar surface area (TPSA) is 57.8 Å². The number of aromatic amines is 1. The Bertz CT molecular complexity index is 606. The number of fused-ring (bicyclic) bond motifs is 1. The monoisotopic (exact) mass is 261 g/mol. The summed E-state index contributed by atoms with van der Waals surface area (Å²) in [6, 6.07) is 5.99. The number of rotatable bonds is 2. The summed E-state index contributed by atoms with van der Waals surface area (Å²) >= 11 is 5.72. The summed E-state index contributed by atoms with van der Waals surface area (Å²) in [5.74, 6) is 1.22. The number of carbonyl (C=O) groups is 1. The van der Waals surface area contributed by atoms with E-state index in [4.69, 9.17) is 11.6 Å². The van der Waals surface area contributed by atoms with E-state index in [1.807, 2.05) is 12.1 Å². The first-order valence-electron chi connectivity index (χ1n) is 5.79. The lowest BCUT2D eigenvalue weighted by atomic mass is 9.99. The van der Waals surface area contributed by atoms with Crippen molar-refractivity contribution in [3.8, 4) is 11.3 Å². The number of hydrogen-bond donors (Lipinski definition) is 2. The van der Waals surface area contributed by atoms with Gasteiger partial charge in [-0.1, -0.05) is 6.07 Å². The number of benzene rings is 1. The number of carbonyl (C=O) groups excluding carboxylic acids is 1. The first kappa shape index (κ1) is 11.3. The Morgan fingerprint density at radius 1 is 1.33 bits per heavy atom. The lowest BCUT2D eigenvalue weighted by molar-refractivity contribution is -0.116. The van der Waals surface area contributed by atoms with Crippen LogP contribution in [0.25, 0.3) is 11.3 Å². The lowest BCUT2D eigenvalue weighted by Crippen LogP contribution is -2.18. The molecule has 0 spiro atoms. The third-order valence-corrected chi connectivity index (χ3v) is 3.32. The normalized spacial score (nSPS) is 14.2. The van der Waals surface area contributed by atoms with Crippen molar-refractivity contribution in [2.24, 2.45) is 0 Å². The minimum atomic E-state index is 0.0845. The Morgan fingerprint density at radius 3 is 3.00 bits per heavy atom. The molecule has 3 rings (SSSR count). The van der Waals surface area contributed by atoms with Crippen molar-refractivity contribution < 1.29 is 4.79 Å². The van der Waals surface area contributed by atoms with E-state index in [-0.39, 0.29) is 5.91 Å². The van der Waals surface area contributed by atoms with Crippen molar-refractivity contribution in [2.75, 3.05) is 5.32 Å². The highest BCUT2D eigenvalue weighted by Crippen LogP contribution is 2.27. The summed E-state index contributed by atoms with van der Waals surface area (Å²) in [4.78, 5) is 18.6. The van der Waals surface area contributed by atoms with Gasteiger partial charge in [-0.05, 0) is 29.7 Å². The number of halogens is 1. The van der Waals surface area contributed by atoms with Crippen molar-refractivity contribution >= 4 is 23.2 Å². The van der Waals surface area contributed by atoms with Gasteiger partial charge in [0.1, 0.15) is 5.82 Å². The number of hydrogen-bond acceptors (Lipinski definition) is 2. The Hall–Kier alpha value is -1.81. The van der Waals surface area contributed by atoms with E-state index in [0.717, 1.165) is 34.8 Å². The van der Waals surface area contributed by atoms with Crippen LogP contribution in [0.15, 0.2) is 24.4 Å². The van der Waals surface area contributed by atoms with Crippen molar-refractivity contribution in [1.29, 1.82) is 0 Å². The molecule has 1 amide bonds. The van der Waals surface area contributed by atoms with Gasteiger partial charge in [0, 0.05) is 12.1 Å². The first-order chi connectivity index (χ1) is 8.76. The quantitative estimate of drug-likeness (QED) is 0.817. The van der Waals surface area contributed by atoms with Gasteiger partial charge in [-0.2, -0.15) is 0 Å². The molecule has 1 aliphatic heterocycles. The molecule has 92 valence electrons. The van der Waals surface area contributed by atoms with Crippen LogP contribution in [0.5, 0.6) is 0 Å². The third-order valence-electron chi connectivity index (χ3n) is 3.07. The fraction of sp³-hybridized carbons (Fsp3) is 0.231. The maximum absolute atomic E-state index is 11.3. The van der Waals surface area contributed by atoms with Crippen LogP contribution >= 0.6 is 11.6 Å². The van der Waals surface area contributed by atoms with Gasteiger partial charge < -0.3 is 10.3 Å². The first-order valence-corrected chi connectivity index (χ1v) is 6.33. The number of amides is 1. The van der Waals surface area contributed by atoms with Gasteiger partial charge in [-0.25, -0.2) is 4.98 Å². The minimum Gasteiger partial charge on any atom is -0.341 e. The van der Waals surface area contributed by atoms with Crippen LogP contribution in [0.1, 0.15) is 17.8 Å². The fourth-order valence-corrected chi connectivity index (χ4v) is 2.26. The average Bonchev–Trinajstić information content (AvgIpc) is 2.87. The molecule has 18 heavy (non-hydrogen) atoms. The second-order valence-corrected chi connectivity index (χ2v) is 4.56. The highest BCUT2D eigenvalue weighted by molar-refractivity contribution is 6.16. The largest absolute Gasteiger partial charge is 0.341 e. The summed E-state index contributed by atoms with van der Waals surface area (Å²) in [6.45, 7) is 0. The zero-order chi connectivity index (χ0) is 12.5. The zero-order valence-electron chi connectivity index (χ0n) is 9.66. The molecule has 1 aromatic carbocycles. The number of aryl methyl sites for hydroxylation is 1. The van der Waals surface area contributed by atoms with Crippen LogP contribution in [-0.2, 0) is 17.1 Å². The van der Waals surface area contributed by atoms with Gasteiger partial charge in [0.05, 0.1) is 17.8 Å². The Labute approximate surface area is 109 Å². The molecule has 1 aromatic heterocycles. The zero-order valence-corrected chi connectivity index (χ0v) is 10.4. The summed E-state index contributed by atoms with van der Waals surface area (Å²) in [7, 11) is 0. The van der Waals surface area contributed by atoms with Crippen LogP contribution < -0.4 is 5.32 Å². The molecule has 0 radical (unpaired) electrons. The van der Waals surface area contributed by atoms with E-state index in [9.17, 15) is 4.79 Å². The second-order valence-electron chi connectivity index (χ2n) is 4.30. The Morgan fingerprint density at radius 2 is 2.22 bits per heavy atom. The van der Waals surface area contributed by atoms with Crippen molar-refractivity contribution in [3.05, 3.63) is 35.8 Å². The average molecular weight is 262 g/mol. The molecule has 0 atom stereocenters. The number of aromatic nitrogens is 2. The SMILES string of the molecule is O=C1CCc2cc(-c3cnc(CCl)[nH]3)ccc2N1. The molecular weight excluding hydrogens is 250 g/mol. The molecule has 2 heterocycles. The van der Waals surface area contributed by atoms with Crippen LogP contribution in [0.2, 0.25) is 0 Å². The van der Waals surface area contributed by atoms with Gasteiger partial charge in [-0.3, -0.25) is 4.79 Å². The number of nitrogens with zero attached hydrogens (tertiary/aromatic N) is 1. The van der Waals surface area contributed by atoms with Crippen molar-refractivity contribution in [1.82, 2.24) is 9.97 Å². The van der Waals surface area contributed by atoms with Gasteiger partial charge in [0.15, 0.2) is 0 Å². The van der Waals surface area contributed by atoms with Gasteiger partial charge >= 0.3 is 0 Å². The molecular formula is C13H12ClN3O. The summed E-state index contributed by atoms with van der Waals surface area (Å²) in [5.41, 5.74) is 4.08. The maximum Gasteiger partial charge on any atom is 0.224 e. The molecule has 1 aliphatic rings. The highest BCUT2D eigenvalue weighted by atomic mass is 35.5. The van der Waals surface area contributed by atoms with Crippen molar-refractivity contribution in [3.63, 3.8) is 0 Å². The molecule has 0 fully saturated rings. The standard InChI is InChI=1S/C13H12ClN3O/c14-6-12-15-7-11(16-12)9-1-3-10-8(5-9)2-4-13(18)17-10/h1,3,5,7H,2,4,6H2,(H,15,16)(H,17,18). The minimum absolute atomic E-state index is 0.0845. The van der Waals surface area contributed by atoms with E-state index >= 15 is 0 Å². The number of H-pyrrole nitrogens is 1. The van der Waals surface area contributed by atoms with E-state index in [0.29, 0.717) is 12.3 Å². The Balaban J connectivity index is 1.97. The third kappa shape index (κ3) is 1.99. The van der Waals surface area contributed by atoms with Crippen LogP contribution in [0.3, 0.4) is 0 Å². The van der Waals surface area contributed by atoms with Crippen LogP contribution in [0, 0.1) is 0 Å². The number of nitrogens with one attached hydrogen (secondary N) is 2. The van der Waals surface area contributed by atoms with Crippen LogP contribution in [0.4, 0.5) is 5.69 Å². The molecule has 2 N–H and O–H groups in total. The van der Waals surface area contributed by atoms with E-state index in [1.54, 1.807) is 6.20 Å².